The molecule has 0 spiro atoms. The molecule has 0 aromatic heterocycles. The number of hydrogen-bond acceptors (Lipinski definition) is 3. The van der Waals surface area contributed by atoms with Gasteiger partial charge in [0.2, 0.25) is 0 Å². The Balaban J connectivity index is 2.17. The van der Waals surface area contributed by atoms with Crippen molar-refractivity contribution in [1.29, 1.82) is 0 Å². The van der Waals surface area contributed by atoms with E-state index in [0.29, 0.717) is 26.4 Å². The van der Waals surface area contributed by atoms with Gasteiger partial charge in [0.15, 0.2) is 0 Å². The zero-order chi connectivity index (χ0) is 9.03. The van der Waals surface area contributed by atoms with E-state index in [9.17, 15) is 4.57 Å². The van der Waals surface area contributed by atoms with Crippen LogP contribution in [0.4, 0.5) is 0 Å². The lowest BCUT2D eigenvalue weighted by Gasteiger charge is -2.22. The molecule has 0 aromatic carbocycles. The summed E-state index contributed by atoms with van der Waals surface area (Å²) in [6.07, 6.45) is 0.384. The van der Waals surface area contributed by atoms with Crippen LogP contribution in [0, 0.1) is 5.92 Å². The highest BCUT2D eigenvalue weighted by Crippen LogP contribution is 2.36. The van der Waals surface area contributed by atoms with Crippen molar-refractivity contribution in [3.05, 3.63) is 0 Å². The molecule has 0 saturated carbocycles. The van der Waals surface area contributed by atoms with Gasteiger partial charge in [0.05, 0.1) is 19.4 Å². The van der Waals surface area contributed by atoms with Gasteiger partial charge < -0.3 is 19.3 Å². The molecule has 72 valence electrons. The van der Waals surface area contributed by atoms with Gasteiger partial charge in [-0.1, -0.05) is 0 Å². The van der Waals surface area contributed by atoms with E-state index >= 15 is 0 Å². The van der Waals surface area contributed by atoms with Crippen LogP contribution in [-0.4, -0.2) is 36.0 Å². The fraction of sp³-hybridized carbons (Fsp3) is 1.00. The SMILES string of the molecule is O=P(O)(O)CCC1COCOC1. The van der Waals surface area contributed by atoms with Crippen molar-refractivity contribution >= 4 is 7.60 Å². The number of rotatable bonds is 3. The van der Waals surface area contributed by atoms with Crippen molar-refractivity contribution in [2.45, 2.75) is 6.42 Å². The van der Waals surface area contributed by atoms with Crippen LogP contribution in [0.2, 0.25) is 0 Å². The first-order chi connectivity index (χ1) is 5.58. The van der Waals surface area contributed by atoms with Gasteiger partial charge in [0, 0.05) is 5.92 Å². The van der Waals surface area contributed by atoms with Crippen molar-refractivity contribution in [1.82, 2.24) is 0 Å². The number of hydrogen-bond donors (Lipinski definition) is 2. The summed E-state index contributed by atoms with van der Waals surface area (Å²) in [4.78, 5) is 17.2. The maximum absolute atomic E-state index is 10.5. The predicted octanol–water partition coefficient (Wildman–Crippen LogP) is 0.175. The van der Waals surface area contributed by atoms with Crippen molar-refractivity contribution in [2.75, 3.05) is 26.2 Å². The Labute approximate surface area is 70.8 Å². The minimum atomic E-state index is -3.84. The fourth-order valence-electron chi connectivity index (χ4n) is 1.05. The van der Waals surface area contributed by atoms with Gasteiger partial charge in [-0.25, -0.2) is 0 Å². The second kappa shape index (κ2) is 4.35. The van der Waals surface area contributed by atoms with Crippen LogP contribution < -0.4 is 0 Å². The van der Waals surface area contributed by atoms with Crippen LogP contribution in [0.3, 0.4) is 0 Å². The zero-order valence-electron chi connectivity index (χ0n) is 6.68. The first-order valence-electron chi connectivity index (χ1n) is 3.78. The van der Waals surface area contributed by atoms with Gasteiger partial charge in [-0.05, 0) is 6.42 Å². The zero-order valence-corrected chi connectivity index (χ0v) is 7.57. The topological polar surface area (TPSA) is 76.0 Å². The van der Waals surface area contributed by atoms with Crippen molar-refractivity contribution < 1.29 is 23.8 Å². The van der Waals surface area contributed by atoms with E-state index < -0.39 is 7.60 Å². The minimum absolute atomic E-state index is 0.0790. The lowest BCUT2D eigenvalue weighted by molar-refractivity contribution is -0.126. The third-order valence-electron chi connectivity index (χ3n) is 1.70. The van der Waals surface area contributed by atoms with Crippen LogP contribution in [0.15, 0.2) is 0 Å². The Morgan fingerprint density at radius 1 is 1.33 bits per heavy atom. The Kier molecular flexibility index (Phi) is 3.68. The third kappa shape index (κ3) is 4.18. The van der Waals surface area contributed by atoms with Gasteiger partial charge in [0.1, 0.15) is 6.79 Å². The summed E-state index contributed by atoms with van der Waals surface area (Å²) in [6, 6.07) is 0. The molecular weight excluding hydrogens is 183 g/mol. The highest BCUT2D eigenvalue weighted by atomic mass is 31.2. The third-order valence-corrected chi connectivity index (χ3v) is 2.54. The highest BCUT2D eigenvalue weighted by Gasteiger charge is 2.19. The average molecular weight is 196 g/mol. The molecule has 1 aliphatic rings. The van der Waals surface area contributed by atoms with Crippen molar-refractivity contribution in [2.24, 2.45) is 5.92 Å². The number of ether oxygens (including phenoxy) is 2. The molecule has 12 heavy (non-hydrogen) atoms. The normalized spacial score (nSPS) is 21.2. The smallest absolute Gasteiger partial charge is 0.325 e. The van der Waals surface area contributed by atoms with Gasteiger partial charge >= 0.3 is 7.60 Å². The van der Waals surface area contributed by atoms with Crippen LogP contribution in [-0.2, 0) is 14.0 Å². The average Bonchev–Trinajstić information content (AvgIpc) is 2.02. The molecule has 5 nitrogen and oxygen atoms in total. The Morgan fingerprint density at radius 2 is 1.92 bits per heavy atom. The summed E-state index contributed by atoms with van der Waals surface area (Å²) in [6.45, 7) is 1.38. The van der Waals surface area contributed by atoms with E-state index in [1.54, 1.807) is 0 Å². The fourth-order valence-corrected chi connectivity index (χ4v) is 1.76. The Morgan fingerprint density at radius 3 is 2.42 bits per heavy atom. The van der Waals surface area contributed by atoms with E-state index in [4.69, 9.17) is 19.3 Å². The second-order valence-corrected chi connectivity index (χ2v) is 4.68. The lowest BCUT2D eigenvalue weighted by Crippen LogP contribution is -2.24. The summed E-state index contributed by atoms with van der Waals surface area (Å²) in [5.74, 6) is 0.131. The predicted molar refractivity (Wildman–Crippen MR) is 41.8 cm³/mol. The standard InChI is InChI=1S/C6H13O5P/c7-12(8,9)2-1-6-3-10-5-11-4-6/h6H,1-5H2,(H2,7,8,9). The first kappa shape index (κ1) is 10.2. The summed E-state index contributed by atoms with van der Waals surface area (Å²) in [7, 11) is -3.84. The Bertz CT molecular complexity index is 171. The molecule has 1 fully saturated rings. The highest BCUT2D eigenvalue weighted by molar-refractivity contribution is 7.51. The van der Waals surface area contributed by atoms with E-state index in [2.05, 4.69) is 0 Å². The van der Waals surface area contributed by atoms with E-state index in [-0.39, 0.29) is 12.1 Å². The van der Waals surface area contributed by atoms with E-state index in [1.165, 1.54) is 0 Å². The Hall–Kier alpha value is 0.0700. The molecule has 1 heterocycles. The molecule has 1 rings (SSSR count). The summed E-state index contributed by atoms with van der Waals surface area (Å²) in [5, 5.41) is 0. The second-order valence-electron chi connectivity index (χ2n) is 2.90. The molecule has 2 N–H and O–H groups in total. The molecule has 0 aliphatic carbocycles. The van der Waals surface area contributed by atoms with Gasteiger partial charge in [0.25, 0.3) is 0 Å². The maximum atomic E-state index is 10.5. The molecule has 0 radical (unpaired) electrons. The molecule has 0 bridgehead atoms. The molecule has 1 aliphatic heterocycles. The maximum Gasteiger partial charge on any atom is 0.325 e. The van der Waals surface area contributed by atoms with Crippen molar-refractivity contribution in [3.63, 3.8) is 0 Å². The van der Waals surface area contributed by atoms with Crippen molar-refractivity contribution in [3.8, 4) is 0 Å². The first-order valence-corrected chi connectivity index (χ1v) is 5.58. The molecule has 6 heteroatoms. The van der Waals surface area contributed by atoms with Crippen LogP contribution >= 0.6 is 7.60 Å². The van der Waals surface area contributed by atoms with Gasteiger partial charge in [-0.15, -0.1) is 0 Å². The van der Waals surface area contributed by atoms with Gasteiger partial charge in [-0.2, -0.15) is 0 Å². The monoisotopic (exact) mass is 196 g/mol. The summed E-state index contributed by atoms with van der Waals surface area (Å²) in [5.41, 5.74) is 0. The van der Waals surface area contributed by atoms with Crippen LogP contribution in [0.5, 0.6) is 0 Å². The quantitative estimate of drug-likeness (QED) is 0.629. The largest absolute Gasteiger partial charge is 0.355 e. The summed E-state index contributed by atoms with van der Waals surface area (Å²) >= 11 is 0. The van der Waals surface area contributed by atoms with Gasteiger partial charge in [-0.3, -0.25) is 4.57 Å². The lowest BCUT2D eigenvalue weighted by atomic mass is 10.1. The molecule has 0 amide bonds. The van der Waals surface area contributed by atoms with E-state index in [1.807, 2.05) is 0 Å². The van der Waals surface area contributed by atoms with E-state index in [0.717, 1.165) is 0 Å². The molecule has 0 unspecified atom stereocenters. The van der Waals surface area contributed by atoms with Crippen LogP contribution in [0.25, 0.3) is 0 Å². The molecule has 0 atom stereocenters. The minimum Gasteiger partial charge on any atom is -0.355 e. The van der Waals surface area contributed by atoms with Crippen LogP contribution in [0.1, 0.15) is 6.42 Å². The molecular formula is C6H13O5P. The summed E-state index contributed by atoms with van der Waals surface area (Å²) < 4.78 is 20.4. The molecule has 0 aromatic rings. The molecule has 1 saturated heterocycles.